The smallest absolute Gasteiger partial charge is 0.171 e. The third kappa shape index (κ3) is 3.84. The lowest BCUT2D eigenvalue weighted by molar-refractivity contribution is 0.929. The molecule has 0 saturated carbocycles. The van der Waals surface area contributed by atoms with Crippen LogP contribution in [-0.2, 0) is 6.54 Å². The number of benzene rings is 2. The molecule has 0 aliphatic heterocycles. The number of para-hydroxylation sites is 2. The Bertz CT molecular complexity index is 586. The molecule has 0 aliphatic carbocycles. The maximum Gasteiger partial charge on any atom is 0.171 e. The third-order valence-corrected chi connectivity index (χ3v) is 3.19. The predicted molar refractivity (Wildman–Crippen MR) is 85.4 cm³/mol. The molecule has 0 aromatic heterocycles. The molecule has 2 rings (SSSR count). The number of anilines is 2. The van der Waals surface area contributed by atoms with Gasteiger partial charge in [0, 0.05) is 12.2 Å². The Hall–Kier alpha value is -1.78. The number of hydrogen-bond donors (Lipinski definition) is 3. The number of hydrogen-bond acceptors (Lipinski definition) is 2. The van der Waals surface area contributed by atoms with Crippen molar-refractivity contribution in [3.63, 3.8) is 0 Å². The summed E-state index contributed by atoms with van der Waals surface area (Å²) < 4.78 is 0. The van der Waals surface area contributed by atoms with Crippen molar-refractivity contribution in [2.45, 2.75) is 6.54 Å². The molecule has 0 fully saturated rings. The van der Waals surface area contributed by atoms with Gasteiger partial charge in [-0.05, 0) is 36.0 Å². The number of rotatable bonds is 3. The molecule has 0 bridgehead atoms. The van der Waals surface area contributed by atoms with Crippen LogP contribution in [0.25, 0.3) is 0 Å². The maximum absolute atomic E-state index is 6.04. The van der Waals surface area contributed by atoms with E-state index in [9.17, 15) is 0 Å². The first-order valence-corrected chi connectivity index (χ1v) is 6.58. The zero-order valence-electron chi connectivity index (χ0n) is 10.2. The van der Waals surface area contributed by atoms with Crippen molar-refractivity contribution in [3.8, 4) is 0 Å². The van der Waals surface area contributed by atoms with Crippen LogP contribution in [0.4, 0.5) is 11.4 Å². The van der Waals surface area contributed by atoms with E-state index < -0.39 is 0 Å². The zero-order chi connectivity index (χ0) is 13.7. The van der Waals surface area contributed by atoms with E-state index in [4.69, 9.17) is 29.6 Å². The fourth-order valence-corrected chi connectivity index (χ4v) is 1.96. The van der Waals surface area contributed by atoms with Crippen molar-refractivity contribution >= 4 is 40.3 Å². The Balaban J connectivity index is 1.92. The van der Waals surface area contributed by atoms with Crippen molar-refractivity contribution in [3.05, 3.63) is 59.1 Å². The summed E-state index contributed by atoms with van der Waals surface area (Å²) in [5.74, 6) is 0. The van der Waals surface area contributed by atoms with Gasteiger partial charge in [0.05, 0.1) is 10.7 Å². The molecule has 2 aromatic rings. The molecule has 19 heavy (non-hydrogen) atoms. The molecule has 0 radical (unpaired) electrons. The van der Waals surface area contributed by atoms with Crippen LogP contribution in [0.1, 0.15) is 5.56 Å². The summed E-state index contributed by atoms with van der Waals surface area (Å²) in [6, 6.07) is 15.1. The largest absolute Gasteiger partial charge is 0.398 e. The standard InChI is InChI=1S/C14H14ClN3S/c15-11-6-2-4-8-13(11)18-14(19)17-9-10-5-1-3-7-12(10)16/h1-8H,9,16H2,(H2,17,18,19). The molecule has 0 aliphatic rings. The zero-order valence-corrected chi connectivity index (χ0v) is 11.8. The van der Waals surface area contributed by atoms with Crippen molar-refractivity contribution in [1.82, 2.24) is 5.32 Å². The molecule has 3 nitrogen and oxygen atoms in total. The van der Waals surface area contributed by atoms with Gasteiger partial charge in [-0.3, -0.25) is 0 Å². The average molecular weight is 292 g/mol. The molecule has 0 saturated heterocycles. The van der Waals surface area contributed by atoms with Gasteiger partial charge in [-0.2, -0.15) is 0 Å². The van der Waals surface area contributed by atoms with Gasteiger partial charge in [0.2, 0.25) is 0 Å². The fourth-order valence-electron chi connectivity index (χ4n) is 1.60. The van der Waals surface area contributed by atoms with Crippen LogP contribution in [0.2, 0.25) is 5.02 Å². The molecule has 2 aromatic carbocycles. The highest BCUT2D eigenvalue weighted by molar-refractivity contribution is 7.80. The van der Waals surface area contributed by atoms with Crippen LogP contribution < -0.4 is 16.4 Å². The van der Waals surface area contributed by atoms with Crippen molar-refractivity contribution < 1.29 is 0 Å². The molecule has 4 N–H and O–H groups in total. The topological polar surface area (TPSA) is 50.1 Å². The molecule has 0 spiro atoms. The normalized spacial score (nSPS) is 9.95. The minimum absolute atomic E-state index is 0.511. The number of thiocarbonyl (C=S) groups is 1. The minimum Gasteiger partial charge on any atom is -0.398 e. The summed E-state index contributed by atoms with van der Waals surface area (Å²) >= 11 is 11.3. The highest BCUT2D eigenvalue weighted by Gasteiger charge is 2.02. The SMILES string of the molecule is Nc1ccccc1CNC(=S)Nc1ccccc1Cl. The minimum atomic E-state index is 0.511. The van der Waals surface area contributed by atoms with E-state index >= 15 is 0 Å². The lowest BCUT2D eigenvalue weighted by Crippen LogP contribution is -2.28. The van der Waals surface area contributed by atoms with E-state index in [0.29, 0.717) is 16.7 Å². The van der Waals surface area contributed by atoms with Gasteiger partial charge in [0.1, 0.15) is 0 Å². The number of nitrogen functional groups attached to an aromatic ring is 1. The molecule has 5 heteroatoms. The van der Waals surface area contributed by atoms with Gasteiger partial charge < -0.3 is 16.4 Å². The van der Waals surface area contributed by atoms with Crippen molar-refractivity contribution in [1.29, 1.82) is 0 Å². The number of nitrogens with one attached hydrogen (secondary N) is 2. The van der Waals surface area contributed by atoms with Gasteiger partial charge in [-0.1, -0.05) is 41.9 Å². The average Bonchev–Trinajstić information content (AvgIpc) is 2.40. The van der Waals surface area contributed by atoms with Gasteiger partial charge in [-0.15, -0.1) is 0 Å². The van der Waals surface area contributed by atoms with Crippen LogP contribution in [-0.4, -0.2) is 5.11 Å². The predicted octanol–water partition coefficient (Wildman–Crippen LogP) is 3.41. The van der Waals surface area contributed by atoms with Crippen LogP contribution >= 0.6 is 23.8 Å². The fraction of sp³-hybridized carbons (Fsp3) is 0.0714. The summed E-state index contributed by atoms with van der Waals surface area (Å²) in [6.07, 6.45) is 0. The molecular formula is C14H14ClN3S. The number of halogens is 1. The molecule has 0 atom stereocenters. The first kappa shape index (κ1) is 13.6. The van der Waals surface area contributed by atoms with Crippen molar-refractivity contribution in [2.75, 3.05) is 11.1 Å². The Morgan fingerprint density at radius 2 is 1.79 bits per heavy atom. The second-order valence-corrected chi connectivity index (χ2v) is 4.80. The quantitative estimate of drug-likeness (QED) is 0.599. The van der Waals surface area contributed by atoms with E-state index in [2.05, 4.69) is 10.6 Å². The van der Waals surface area contributed by atoms with Gasteiger partial charge >= 0.3 is 0 Å². The third-order valence-electron chi connectivity index (χ3n) is 2.62. The summed E-state index contributed by atoms with van der Waals surface area (Å²) in [4.78, 5) is 0. The van der Waals surface area contributed by atoms with Gasteiger partial charge in [0.25, 0.3) is 0 Å². The molecular weight excluding hydrogens is 278 g/mol. The first-order chi connectivity index (χ1) is 9.16. The van der Waals surface area contributed by atoms with Crippen LogP contribution in [0.3, 0.4) is 0 Å². The Kier molecular flexibility index (Phi) is 4.60. The Labute approximate surface area is 122 Å². The summed E-state index contributed by atoms with van der Waals surface area (Å²) in [7, 11) is 0. The van der Waals surface area contributed by atoms with E-state index in [1.807, 2.05) is 48.5 Å². The van der Waals surface area contributed by atoms with Crippen LogP contribution in [0.15, 0.2) is 48.5 Å². The highest BCUT2D eigenvalue weighted by atomic mass is 35.5. The molecule has 0 amide bonds. The van der Waals surface area contributed by atoms with Crippen molar-refractivity contribution in [2.24, 2.45) is 0 Å². The van der Waals surface area contributed by atoms with E-state index in [0.717, 1.165) is 16.9 Å². The van der Waals surface area contributed by atoms with Crippen LogP contribution in [0.5, 0.6) is 0 Å². The second kappa shape index (κ2) is 6.41. The van der Waals surface area contributed by atoms with Gasteiger partial charge in [0.15, 0.2) is 5.11 Å². The highest BCUT2D eigenvalue weighted by Crippen LogP contribution is 2.20. The monoisotopic (exact) mass is 291 g/mol. The first-order valence-electron chi connectivity index (χ1n) is 5.79. The number of nitrogens with two attached hydrogens (primary N) is 1. The van der Waals surface area contributed by atoms with Crippen LogP contribution in [0, 0.1) is 0 Å². The summed E-state index contributed by atoms with van der Waals surface area (Å²) in [6.45, 7) is 0.572. The molecule has 0 unspecified atom stereocenters. The second-order valence-electron chi connectivity index (χ2n) is 3.99. The molecule has 0 heterocycles. The van der Waals surface area contributed by atoms with E-state index in [1.165, 1.54) is 0 Å². The Morgan fingerprint density at radius 3 is 2.53 bits per heavy atom. The molecule has 98 valence electrons. The summed E-state index contributed by atoms with van der Waals surface area (Å²) in [5.41, 5.74) is 8.39. The maximum atomic E-state index is 6.04. The van der Waals surface area contributed by atoms with E-state index in [-0.39, 0.29) is 0 Å². The van der Waals surface area contributed by atoms with Gasteiger partial charge in [-0.25, -0.2) is 0 Å². The van der Waals surface area contributed by atoms with E-state index in [1.54, 1.807) is 0 Å². The lowest BCUT2D eigenvalue weighted by atomic mass is 10.2. The lowest BCUT2D eigenvalue weighted by Gasteiger charge is -2.12. The summed E-state index contributed by atoms with van der Waals surface area (Å²) in [5, 5.41) is 7.29. The Morgan fingerprint density at radius 1 is 1.11 bits per heavy atom.